The van der Waals surface area contributed by atoms with Gasteiger partial charge in [0, 0.05) is 44.9 Å². The van der Waals surface area contributed by atoms with Gasteiger partial charge in [-0.1, -0.05) is 6.07 Å². The Labute approximate surface area is 115 Å². The van der Waals surface area contributed by atoms with Crippen molar-refractivity contribution in [1.29, 1.82) is 0 Å². The van der Waals surface area contributed by atoms with Crippen molar-refractivity contribution in [2.24, 2.45) is 0 Å². The van der Waals surface area contributed by atoms with E-state index in [2.05, 4.69) is 5.32 Å². The number of aryl methyl sites for hydroxylation is 1. The molecular weight excluding hydrogens is 262 g/mol. The molecule has 1 amide bonds. The van der Waals surface area contributed by atoms with Crippen LogP contribution in [0.1, 0.15) is 6.42 Å². The Balaban J connectivity index is 1.90. The standard InChI is InChI=1S/C13H17N3O4/c17-11-3-1-2-6-15(11)7-4-12(18)16-8-5-14-10(9-16)13(19)20/h1-3,6,10,14H,4-5,7-9H2,(H,19,20). The highest BCUT2D eigenvalue weighted by Crippen LogP contribution is 2.03. The number of carbonyl (C=O) groups is 2. The zero-order chi connectivity index (χ0) is 14.5. The van der Waals surface area contributed by atoms with Crippen LogP contribution >= 0.6 is 0 Å². The van der Waals surface area contributed by atoms with Crippen molar-refractivity contribution >= 4 is 11.9 Å². The molecule has 1 saturated heterocycles. The molecule has 1 aromatic heterocycles. The van der Waals surface area contributed by atoms with Crippen molar-refractivity contribution in [3.63, 3.8) is 0 Å². The molecule has 1 aliphatic heterocycles. The summed E-state index contributed by atoms with van der Waals surface area (Å²) in [7, 11) is 0. The molecule has 1 unspecified atom stereocenters. The molecule has 0 spiro atoms. The zero-order valence-corrected chi connectivity index (χ0v) is 11.0. The van der Waals surface area contributed by atoms with Gasteiger partial charge in [-0.15, -0.1) is 0 Å². The first-order valence-corrected chi connectivity index (χ1v) is 6.47. The highest BCUT2D eigenvalue weighted by molar-refractivity contribution is 5.79. The molecule has 0 saturated carbocycles. The predicted octanol–water partition coefficient (Wildman–Crippen LogP) is -0.877. The topological polar surface area (TPSA) is 91.6 Å². The Kier molecular flexibility index (Phi) is 4.52. The van der Waals surface area contributed by atoms with Crippen LogP contribution in [0.3, 0.4) is 0 Å². The van der Waals surface area contributed by atoms with Gasteiger partial charge in [0.05, 0.1) is 0 Å². The molecule has 2 heterocycles. The Morgan fingerprint density at radius 1 is 1.40 bits per heavy atom. The van der Waals surface area contributed by atoms with Crippen LogP contribution in [0.2, 0.25) is 0 Å². The highest BCUT2D eigenvalue weighted by Gasteiger charge is 2.27. The second kappa shape index (κ2) is 6.33. The summed E-state index contributed by atoms with van der Waals surface area (Å²) in [4.78, 5) is 36.0. The minimum absolute atomic E-state index is 0.131. The number of hydrogen-bond donors (Lipinski definition) is 2. The molecule has 7 nitrogen and oxygen atoms in total. The van der Waals surface area contributed by atoms with E-state index in [1.807, 2.05) is 0 Å². The summed E-state index contributed by atoms with van der Waals surface area (Å²) in [5.41, 5.74) is -0.149. The van der Waals surface area contributed by atoms with Crippen LogP contribution < -0.4 is 10.9 Å². The lowest BCUT2D eigenvalue weighted by molar-refractivity contribution is -0.142. The average Bonchev–Trinajstić information content (AvgIpc) is 2.46. The van der Waals surface area contributed by atoms with E-state index in [9.17, 15) is 14.4 Å². The van der Waals surface area contributed by atoms with Crippen LogP contribution in [-0.4, -0.2) is 52.1 Å². The van der Waals surface area contributed by atoms with E-state index in [0.717, 1.165) is 0 Å². The van der Waals surface area contributed by atoms with Crippen molar-refractivity contribution in [2.45, 2.75) is 19.0 Å². The lowest BCUT2D eigenvalue weighted by atomic mass is 10.2. The molecule has 7 heteroatoms. The van der Waals surface area contributed by atoms with Gasteiger partial charge >= 0.3 is 5.97 Å². The van der Waals surface area contributed by atoms with Crippen molar-refractivity contribution < 1.29 is 14.7 Å². The molecule has 0 bridgehead atoms. The van der Waals surface area contributed by atoms with E-state index in [-0.39, 0.29) is 24.4 Å². The van der Waals surface area contributed by atoms with Gasteiger partial charge in [0.25, 0.3) is 5.56 Å². The summed E-state index contributed by atoms with van der Waals surface area (Å²) >= 11 is 0. The van der Waals surface area contributed by atoms with Crippen LogP contribution in [0, 0.1) is 0 Å². The minimum Gasteiger partial charge on any atom is -0.480 e. The summed E-state index contributed by atoms with van der Waals surface area (Å²) in [5, 5.41) is 11.8. The normalized spacial score (nSPS) is 18.8. The third kappa shape index (κ3) is 3.45. The quantitative estimate of drug-likeness (QED) is 0.747. The molecule has 108 valence electrons. The third-order valence-corrected chi connectivity index (χ3v) is 3.29. The minimum atomic E-state index is -0.957. The average molecular weight is 279 g/mol. The number of carbonyl (C=O) groups excluding carboxylic acids is 1. The number of hydrogen-bond acceptors (Lipinski definition) is 4. The number of carboxylic acids is 1. The van der Waals surface area contributed by atoms with Gasteiger partial charge in [0.2, 0.25) is 5.91 Å². The first kappa shape index (κ1) is 14.3. The molecule has 0 aromatic carbocycles. The van der Waals surface area contributed by atoms with E-state index < -0.39 is 12.0 Å². The third-order valence-electron chi connectivity index (χ3n) is 3.29. The second-order valence-electron chi connectivity index (χ2n) is 4.67. The fourth-order valence-corrected chi connectivity index (χ4v) is 2.16. The van der Waals surface area contributed by atoms with Gasteiger partial charge in [-0.2, -0.15) is 0 Å². The van der Waals surface area contributed by atoms with E-state index in [4.69, 9.17) is 5.11 Å². The van der Waals surface area contributed by atoms with Gasteiger partial charge in [-0.3, -0.25) is 14.4 Å². The Morgan fingerprint density at radius 2 is 2.20 bits per heavy atom. The summed E-state index contributed by atoms with van der Waals surface area (Å²) in [5.74, 6) is -1.09. The second-order valence-corrected chi connectivity index (χ2v) is 4.67. The van der Waals surface area contributed by atoms with Crippen LogP contribution in [0.25, 0.3) is 0 Å². The molecule has 0 radical (unpaired) electrons. The molecular formula is C13H17N3O4. The fourth-order valence-electron chi connectivity index (χ4n) is 2.16. The monoisotopic (exact) mass is 279 g/mol. The number of amides is 1. The van der Waals surface area contributed by atoms with Crippen LogP contribution in [0.15, 0.2) is 29.2 Å². The Hall–Kier alpha value is -2.15. The van der Waals surface area contributed by atoms with Gasteiger partial charge in [-0.25, -0.2) is 0 Å². The smallest absolute Gasteiger partial charge is 0.322 e. The predicted molar refractivity (Wildman–Crippen MR) is 71.3 cm³/mol. The van der Waals surface area contributed by atoms with E-state index in [1.54, 1.807) is 18.3 Å². The first-order valence-electron chi connectivity index (χ1n) is 6.47. The number of carboxylic acid groups (broad SMARTS) is 1. The summed E-state index contributed by atoms with van der Waals surface area (Å²) in [6, 6.07) is 4.11. The van der Waals surface area contributed by atoms with Crippen LogP contribution in [-0.2, 0) is 16.1 Å². The fraction of sp³-hybridized carbons (Fsp3) is 0.462. The van der Waals surface area contributed by atoms with Crippen molar-refractivity contribution in [3.05, 3.63) is 34.7 Å². The molecule has 0 aliphatic carbocycles. The van der Waals surface area contributed by atoms with Crippen molar-refractivity contribution in [2.75, 3.05) is 19.6 Å². The lowest BCUT2D eigenvalue weighted by Crippen LogP contribution is -2.55. The molecule has 20 heavy (non-hydrogen) atoms. The number of nitrogens with zero attached hydrogens (tertiary/aromatic N) is 2. The summed E-state index contributed by atoms with van der Waals surface area (Å²) < 4.78 is 1.47. The van der Waals surface area contributed by atoms with Crippen LogP contribution in [0.5, 0.6) is 0 Å². The molecule has 1 aliphatic rings. The van der Waals surface area contributed by atoms with Gasteiger partial charge in [0.15, 0.2) is 0 Å². The van der Waals surface area contributed by atoms with E-state index in [1.165, 1.54) is 15.5 Å². The maximum absolute atomic E-state index is 12.0. The molecule has 1 fully saturated rings. The van der Waals surface area contributed by atoms with Gasteiger partial charge in [0.1, 0.15) is 6.04 Å². The van der Waals surface area contributed by atoms with E-state index in [0.29, 0.717) is 19.6 Å². The maximum atomic E-state index is 12.0. The number of pyridine rings is 1. The van der Waals surface area contributed by atoms with Crippen molar-refractivity contribution in [1.82, 2.24) is 14.8 Å². The number of nitrogens with one attached hydrogen (secondary N) is 1. The lowest BCUT2D eigenvalue weighted by Gasteiger charge is -2.31. The van der Waals surface area contributed by atoms with Gasteiger partial charge in [-0.05, 0) is 6.07 Å². The van der Waals surface area contributed by atoms with Crippen molar-refractivity contribution in [3.8, 4) is 0 Å². The largest absolute Gasteiger partial charge is 0.480 e. The maximum Gasteiger partial charge on any atom is 0.322 e. The molecule has 2 N–H and O–H groups in total. The number of aromatic nitrogens is 1. The van der Waals surface area contributed by atoms with E-state index >= 15 is 0 Å². The number of aliphatic carboxylic acids is 1. The molecule has 1 aromatic rings. The number of piperazine rings is 1. The molecule has 2 rings (SSSR count). The Morgan fingerprint density at radius 3 is 2.90 bits per heavy atom. The SMILES string of the molecule is O=C(O)C1CN(C(=O)CCn2ccccc2=O)CCN1. The summed E-state index contributed by atoms with van der Waals surface area (Å²) in [6.45, 7) is 1.43. The van der Waals surface area contributed by atoms with Crippen LogP contribution in [0.4, 0.5) is 0 Å². The Bertz CT molecular complexity index is 555. The highest BCUT2D eigenvalue weighted by atomic mass is 16.4. The number of rotatable bonds is 4. The first-order chi connectivity index (χ1) is 9.58. The zero-order valence-electron chi connectivity index (χ0n) is 11.0. The summed E-state index contributed by atoms with van der Waals surface area (Å²) in [6.07, 6.45) is 1.82. The molecule has 1 atom stereocenters. The van der Waals surface area contributed by atoms with Gasteiger partial charge < -0.3 is 19.9 Å².